The molecule has 1 aliphatic heterocycles. The summed E-state index contributed by atoms with van der Waals surface area (Å²) in [4.78, 5) is 40.5. The van der Waals surface area contributed by atoms with Crippen LogP contribution in [0.3, 0.4) is 0 Å². The second-order valence-corrected chi connectivity index (χ2v) is 8.11. The van der Waals surface area contributed by atoms with Gasteiger partial charge in [-0.15, -0.1) is 5.10 Å². The third kappa shape index (κ3) is 4.27. The fourth-order valence-electron chi connectivity index (χ4n) is 3.35. The van der Waals surface area contributed by atoms with Crippen molar-refractivity contribution >= 4 is 40.0 Å². The van der Waals surface area contributed by atoms with Gasteiger partial charge in [0.05, 0.1) is 25.3 Å². The van der Waals surface area contributed by atoms with Gasteiger partial charge in [-0.05, 0) is 20.8 Å². The SMILES string of the molecule is Cc1nc(N2CCOCC2)sc1C(=O)NNC(=O)Cc1c(C)nc2nc(N)nn2c1C. The number of aromatic nitrogens is 5. The van der Waals surface area contributed by atoms with Crippen molar-refractivity contribution in [2.24, 2.45) is 0 Å². The number of nitrogen functional groups attached to an aromatic ring is 1. The maximum Gasteiger partial charge on any atom is 0.281 e. The van der Waals surface area contributed by atoms with Crippen molar-refractivity contribution in [3.05, 3.63) is 27.5 Å². The molecule has 0 aromatic carbocycles. The van der Waals surface area contributed by atoms with E-state index < -0.39 is 5.91 Å². The smallest absolute Gasteiger partial charge is 0.281 e. The van der Waals surface area contributed by atoms with E-state index in [4.69, 9.17) is 10.5 Å². The number of hydrogen-bond donors (Lipinski definition) is 3. The number of aryl methyl sites for hydroxylation is 3. The van der Waals surface area contributed by atoms with Gasteiger partial charge in [-0.2, -0.15) is 9.50 Å². The number of hydrazine groups is 1. The Bertz CT molecular complexity index is 1150. The van der Waals surface area contributed by atoms with Gasteiger partial charge in [0.15, 0.2) is 5.13 Å². The van der Waals surface area contributed by atoms with E-state index in [1.807, 2.05) is 6.92 Å². The molecule has 1 saturated heterocycles. The van der Waals surface area contributed by atoms with Gasteiger partial charge in [0.2, 0.25) is 11.9 Å². The molecule has 0 unspecified atom stereocenters. The molecule has 164 valence electrons. The molecule has 2 amide bonds. The van der Waals surface area contributed by atoms with Gasteiger partial charge in [0.1, 0.15) is 4.88 Å². The van der Waals surface area contributed by atoms with Gasteiger partial charge < -0.3 is 15.4 Å². The zero-order valence-electron chi connectivity index (χ0n) is 17.4. The first-order chi connectivity index (χ1) is 14.8. The molecule has 3 aromatic heterocycles. The van der Waals surface area contributed by atoms with E-state index in [0.717, 1.165) is 18.2 Å². The number of anilines is 2. The third-order valence-corrected chi connectivity index (χ3v) is 6.21. The fourth-order valence-corrected chi connectivity index (χ4v) is 4.36. The molecule has 0 bridgehead atoms. The number of fused-ring (bicyclic) bond motifs is 1. The number of nitrogens with zero attached hydrogens (tertiary/aromatic N) is 6. The zero-order valence-corrected chi connectivity index (χ0v) is 18.2. The lowest BCUT2D eigenvalue weighted by molar-refractivity contribution is -0.121. The topological polar surface area (TPSA) is 153 Å². The molecule has 3 aromatic rings. The number of hydrogen-bond acceptors (Lipinski definition) is 10. The standard InChI is InChI=1S/C18H23N9O3S/c1-9-12(11(3)27-17(20-9)22-16(19)25-27)8-13(28)23-24-15(29)14-10(2)21-18(31-14)26-4-6-30-7-5-26/h4-8H2,1-3H3,(H2,19,25)(H,23,28)(H,24,29). The number of carbonyl (C=O) groups excluding carboxylic acids is 2. The summed E-state index contributed by atoms with van der Waals surface area (Å²) in [6, 6.07) is 0. The molecular formula is C18H23N9O3S. The highest BCUT2D eigenvalue weighted by Gasteiger charge is 2.21. The first-order valence-corrected chi connectivity index (χ1v) is 10.5. The quantitative estimate of drug-likeness (QED) is 0.468. The van der Waals surface area contributed by atoms with Gasteiger partial charge >= 0.3 is 0 Å². The van der Waals surface area contributed by atoms with Crippen LogP contribution in [-0.2, 0) is 16.0 Å². The van der Waals surface area contributed by atoms with Gasteiger partial charge in [-0.1, -0.05) is 11.3 Å². The summed E-state index contributed by atoms with van der Waals surface area (Å²) < 4.78 is 6.85. The van der Waals surface area contributed by atoms with Crippen LogP contribution in [0.25, 0.3) is 5.78 Å². The van der Waals surface area contributed by atoms with Crippen molar-refractivity contribution in [2.75, 3.05) is 36.9 Å². The van der Waals surface area contributed by atoms with Crippen molar-refractivity contribution in [3.63, 3.8) is 0 Å². The highest BCUT2D eigenvalue weighted by Crippen LogP contribution is 2.26. The van der Waals surface area contributed by atoms with Crippen LogP contribution in [0, 0.1) is 20.8 Å². The minimum Gasteiger partial charge on any atom is -0.378 e. The van der Waals surface area contributed by atoms with E-state index in [0.29, 0.717) is 46.5 Å². The van der Waals surface area contributed by atoms with Crippen LogP contribution in [0.15, 0.2) is 0 Å². The summed E-state index contributed by atoms with van der Waals surface area (Å²) in [7, 11) is 0. The van der Waals surface area contributed by atoms with E-state index in [1.165, 1.54) is 15.9 Å². The highest BCUT2D eigenvalue weighted by molar-refractivity contribution is 7.17. The van der Waals surface area contributed by atoms with E-state index in [2.05, 4.69) is 35.8 Å². The summed E-state index contributed by atoms with van der Waals surface area (Å²) in [5.41, 5.74) is 13.2. The molecule has 4 N–H and O–H groups in total. The maximum absolute atomic E-state index is 12.6. The average Bonchev–Trinajstić information content (AvgIpc) is 3.32. The Morgan fingerprint density at radius 1 is 1.10 bits per heavy atom. The lowest BCUT2D eigenvalue weighted by atomic mass is 10.1. The summed E-state index contributed by atoms with van der Waals surface area (Å²) in [5, 5.41) is 4.86. The molecule has 1 fully saturated rings. The normalized spacial score (nSPS) is 14.1. The number of thiazole rings is 1. The van der Waals surface area contributed by atoms with Crippen LogP contribution >= 0.6 is 11.3 Å². The molecule has 0 saturated carbocycles. The van der Waals surface area contributed by atoms with Gasteiger partial charge in [-0.3, -0.25) is 20.4 Å². The van der Waals surface area contributed by atoms with Crippen LogP contribution in [0.2, 0.25) is 0 Å². The van der Waals surface area contributed by atoms with Crippen molar-refractivity contribution in [2.45, 2.75) is 27.2 Å². The number of carbonyl (C=O) groups is 2. The Balaban J connectivity index is 1.41. The lowest BCUT2D eigenvalue weighted by Gasteiger charge is -2.25. The van der Waals surface area contributed by atoms with Gasteiger partial charge in [0, 0.05) is 30.0 Å². The number of rotatable bonds is 4. The molecule has 1 aliphatic rings. The third-order valence-electron chi connectivity index (χ3n) is 4.99. The maximum atomic E-state index is 12.6. The first-order valence-electron chi connectivity index (χ1n) is 9.71. The average molecular weight is 446 g/mol. The largest absolute Gasteiger partial charge is 0.378 e. The predicted molar refractivity (Wildman–Crippen MR) is 114 cm³/mol. The summed E-state index contributed by atoms with van der Waals surface area (Å²) in [6.45, 7) is 8.11. The van der Waals surface area contributed by atoms with Crippen molar-refractivity contribution in [1.29, 1.82) is 0 Å². The summed E-state index contributed by atoms with van der Waals surface area (Å²) >= 11 is 1.29. The number of nitrogens with two attached hydrogens (primary N) is 1. The Kier molecular flexibility index (Phi) is 5.69. The zero-order chi connectivity index (χ0) is 22.1. The monoisotopic (exact) mass is 445 g/mol. The molecule has 0 atom stereocenters. The Morgan fingerprint density at radius 2 is 1.84 bits per heavy atom. The minimum atomic E-state index is -0.408. The van der Waals surface area contributed by atoms with Crippen LogP contribution < -0.4 is 21.5 Å². The lowest BCUT2D eigenvalue weighted by Crippen LogP contribution is -2.42. The molecule has 0 radical (unpaired) electrons. The van der Waals surface area contributed by atoms with Crippen molar-refractivity contribution < 1.29 is 14.3 Å². The molecule has 0 spiro atoms. The van der Waals surface area contributed by atoms with E-state index >= 15 is 0 Å². The van der Waals surface area contributed by atoms with Gasteiger partial charge in [-0.25, -0.2) is 9.97 Å². The highest BCUT2D eigenvalue weighted by atomic mass is 32.1. The molecular weight excluding hydrogens is 422 g/mol. The second-order valence-electron chi connectivity index (χ2n) is 7.13. The van der Waals surface area contributed by atoms with Crippen LogP contribution in [0.4, 0.5) is 11.1 Å². The molecule has 4 heterocycles. The fraction of sp³-hybridized carbons (Fsp3) is 0.444. The van der Waals surface area contributed by atoms with Crippen LogP contribution in [0.1, 0.15) is 32.3 Å². The predicted octanol–water partition coefficient (Wildman–Crippen LogP) is -0.0714. The molecule has 13 heteroatoms. The molecule has 31 heavy (non-hydrogen) atoms. The Hall–Kier alpha value is -3.32. The van der Waals surface area contributed by atoms with E-state index in [9.17, 15) is 9.59 Å². The van der Waals surface area contributed by atoms with E-state index in [1.54, 1.807) is 13.8 Å². The van der Waals surface area contributed by atoms with Crippen molar-refractivity contribution in [3.8, 4) is 0 Å². The molecule has 12 nitrogen and oxygen atoms in total. The van der Waals surface area contributed by atoms with Crippen LogP contribution in [0.5, 0.6) is 0 Å². The van der Waals surface area contributed by atoms with Gasteiger partial charge in [0.25, 0.3) is 11.7 Å². The first kappa shape index (κ1) is 20.9. The minimum absolute atomic E-state index is 0.0152. The number of amides is 2. The summed E-state index contributed by atoms with van der Waals surface area (Å²) in [5.74, 6) is -0.305. The van der Waals surface area contributed by atoms with Crippen molar-refractivity contribution in [1.82, 2.24) is 35.4 Å². The molecule has 4 rings (SSSR count). The Labute approximate surface area is 181 Å². The second kappa shape index (κ2) is 8.43. The van der Waals surface area contributed by atoms with E-state index in [-0.39, 0.29) is 18.3 Å². The number of ether oxygens (including phenoxy) is 1. The van der Waals surface area contributed by atoms with Crippen LogP contribution in [-0.4, -0.2) is 62.7 Å². The Morgan fingerprint density at radius 3 is 2.58 bits per heavy atom. The molecule has 0 aliphatic carbocycles. The summed E-state index contributed by atoms with van der Waals surface area (Å²) in [6.07, 6.45) is 0.0152. The number of morpholine rings is 1. The number of nitrogens with one attached hydrogen (secondary N) is 2.